The summed E-state index contributed by atoms with van der Waals surface area (Å²) >= 11 is 5.85. The number of benzene rings is 1. The van der Waals surface area contributed by atoms with Gasteiger partial charge in [-0.2, -0.15) is 5.10 Å². The van der Waals surface area contributed by atoms with Crippen LogP contribution >= 0.6 is 11.6 Å². The van der Waals surface area contributed by atoms with Crippen LogP contribution in [0.4, 0.5) is 5.69 Å². The molecule has 0 bridgehead atoms. The van der Waals surface area contributed by atoms with Gasteiger partial charge in [0.05, 0.1) is 22.5 Å². The van der Waals surface area contributed by atoms with Crippen LogP contribution in [0.3, 0.4) is 0 Å². The molecule has 21 heavy (non-hydrogen) atoms. The number of carboxylic acids is 1. The third-order valence-corrected chi connectivity index (χ3v) is 3.18. The monoisotopic (exact) mass is 307 g/mol. The van der Waals surface area contributed by atoms with Crippen molar-refractivity contribution in [2.75, 3.05) is 5.32 Å². The molecule has 6 nitrogen and oxygen atoms in total. The van der Waals surface area contributed by atoms with Gasteiger partial charge >= 0.3 is 5.97 Å². The number of carboxylic acid groups (broad SMARTS) is 1. The molecule has 2 N–H and O–H groups in total. The Kier molecular flexibility index (Phi) is 4.28. The Bertz CT molecular complexity index is 709. The molecule has 2 rings (SSSR count). The number of halogens is 1. The van der Waals surface area contributed by atoms with E-state index in [4.69, 9.17) is 16.7 Å². The van der Waals surface area contributed by atoms with Crippen LogP contribution in [-0.4, -0.2) is 26.8 Å². The predicted octanol–water partition coefficient (Wildman–Crippen LogP) is 2.59. The third kappa shape index (κ3) is 3.22. The summed E-state index contributed by atoms with van der Waals surface area (Å²) in [4.78, 5) is 23.5. The summed E-state index contributed by atoms with van der Waals surface area (Å²) in [5.74, 6) is -1.55. The Labute approximate surface area is 126 Å². The molecule has 0 saturated carbocycles. The quantitative estimate of drug-likeness (QED) is 0.909. The second-order valence-corrected chi connectivity index (χ2v) is 4.90. The van der Waals surface area contributed by atoms with E-state index >= 15 is 0 Å². The Morgan fingerprint density at radius 1 is 1.38 bits per heavy atom. The molecule has 0 aliphatic rings. The van der Waals surface area contributed by atoms with Crippen LogP contribution in [0.5, 0.6) is 0 Å². The number of nitrogens with one attached hydrogen (secondary N) is 1. The van der Waals surface area contributed by atoms with E-state index in [1.54, 1.807) is 17.9 Å². The van der Waals surface area contributed by atoms with Crippen molar-refractivity contribution in [1.29, 1.82) is 0 Å². The van der Waals surface area contributed by atoms with Crippen molar-refractivity contribution in [3.05, 3.63) is 46.2 Å². The van der Waals surface area contributed by atoms with Gasteiger partial charge in [0.2, 0.25) is 0 Å². The first-order valence-corrected chi connectivity index (χ1v) is 6.67. The molecule has 0 saturated heterocycles. The number of carbonyl (C=O) groups is 2. The average Bonchev–Trinajstić information content (AvgIpc) is 2.79. The van der Waals surface area contributed by atoms with Crippen LogP contribution in [0.15, 0.2) is 24.4 Å². The third-order valence-electron chi connectivity index (χ3n) is 2.95. The van der Waals surface area contributed by atoms with Crippen molar-refractivity contribution in [2.24, 2.45) is 7.05 Å². The fourth-order valence-corrected chi connectivity index (χ4v) is 2.15. The largest absolute Gasteiger partial charge is 0.478 e. The van der Waals surface area contributed by atoms with E-state index < -0.39 is 11.9 Å². The number of amides is 1. The van der Waals surface area contributed by atoms with Crippen molar-refractivity contribution in [3.63, 3.8) is 0 Å². The minimum atomic E-state index is -1.14. The first kappa shape index (κ1) is 15.1. The molecule has 1 amide bonds. The Morgan fingerprint density at radius 2 is 2.10 bits per heavy atom. The molecule has 110 valence electrons. The Morgan fingerprint density at radius 3 is 2.71 bits per heavy atom. The second-order valence-electron chi connectivity index (χ2n) is 4.47. The molecular formula is C14H14ClN3O3. The van der Waals surface area contributed by atoms with Gasteiger partial charge in [-0.25, -0.2) is 4.79 Å². The molecule has 1 aromatic carbocycles. The summed E-state index contributed by atoms with van der Waals surface area (Å²) in [6.07, 6.45) is 2.20. The van der Waals surface area contributed by atoms with Gasteiger partial charge < -0.3 is 10.4 Å². The lowest BCUT2D eigenvalue weighted by Crippen LogP contribution is -2.15. The standard InChI is InChI=1S/C14H14ClN3O3/c1-3-11-10(7-18(2)17-11)13(19)16-12-6-8(15)4-5-9(12)14(20)21/h4-7H,3H2,1-2H3,(H,16,19)(H,20,21). The van der Waals surface area contributed by atoms with E-state index in [2.05, 4.69) is 10.4 Å². The van der Waals surface area contributed by atoms with Crippen LogP contribution in [-0.2, 0) is 13.5 Å². The van der Waals surface area contributed by atoms with Gasteiger partial charge in [0.1, 0.15) is 0 Å². The molecule has 0 aliphatic heterocycles. The molecule has 0 spiro atoms. The fourth-order valence-electron chi connectivity index (χ4n) is 1.98. The van der Waals surface area contributed by atoms with E-state index in [1.807, 2.05) is 6.92 Å². The van der Waals surface area contributed by atoms with Crippen LogP contribution in [0.25, 0.3) is 0 Å². The number of carbonyl (C=O) groups excluding carboxylic acids is 1. The van der Waals surface area contributed by atoms with Gasteiger partial charge in [-0.15, -0.1) is 0 Å². The molecule has 2 aromatic rings. The maximum atomic E-state index is 12.3. The number of aryl methyl sites for hydroxylation is 2. The van der Waals surface area contributed by atoms with Gasteiger partial charge in [0, 0.05) is 18.3 Å². The summed E-state index contributed by atoms with van der Waals surface area (Å²) in [7, 11) is 1.72. The molecule has 0 unspecified atom stereocenters. The van der Waals surface area contributed by atoms with Crippen molar-refractivity contribution in [1.82, 2.24) is 9.78 Å². The topological polar surface area (TPSA) is 84.2 Å². The van der Waals surface area contributed by atoms with E-state index in [1.165, 1.54) is 18.2 Å². The van der Waals surface area contributed by atoms with E-state index in [9.17, 15) is 9.59 Å². The Balaban J connectivity index is 2.35. The number of anilines is 1. The molecule has 0 atom stereocenters. The zero-order valence-electron chi connectivity index (χ0n) is 11.6. The highest BCUT2D eigenvalue weighted by molar-refractivity contribution is 6.31. The lowest BCUT2D eigenvalue weighted by atomic mass is 10.1. The second kappa shape index (κ2) is 5.97. The SMILES string of the molecule is CCc1nn(C)cc1C(=O)Nc1cc(Cl)ccc1C(=O)O. The summed E-state index contributed by atoms with van der Waals surface area (Å²) in [6, 6.07) is 4.22. The van der Waals surface area contributed by atoms with Crippen molar-refractivity contribution in [2.45, 2.75) is 13.3 Å². The summed E-state index contributed by atoms with van der Waals surface area (Å²) in [5, 5.41) is 16.2. The maximum Gasteiger partial charge on any atom is 0.337 e. The van der Waals surface area contributed by atoms with Crippen LogP contribution < -0.4 is 5.32 Å². The highest BCUT2D eigenvalue weighted by Crippen LogP contribution is 2.22. The van der Waals surface area contributed by atoms with E-state index in [-0.39, 0.29) is 11.3 Å². The van der Waals surface area contributed by atoms with Gasteiger partial charge in [-0.1, -0.05) is 18.5 Å². The number of nitrogens with zero attached hydrogens (tertiary/aromatic N) is 2. The summed E-state index contributed by atoms with van der Waals surface area (Å²) < 4.78 is 1.55. The highest BCUT2D eigenvalue weighted by atomic mass is 35.5. The molecule has 1 heterocycles. The number of aromatic carboxylic acids is 1. The normalized spacial score (nSPS) is 10.4. The van der Waals surface area contributed by atoms with Crippen LogP contribution in [0.1, 0.15) is 33.3 Å². The number of hydrogen-bond donors (Lipinski definition) is 2. The molecule has 0 aliphatic carbocycles. The van der Waals surface area contributed by atoms with Crippen LogP contribution in [0.2, 0.25) is 5.02 Å². The van der Waals surface area contributed by atoms with Gasteiger partial charge in [0.25, 0.3) is 5.91 Å². The zero-order chi connectivity index (χ0) is 15.6. The lowest BCUT2D eigenvalue weighted by molar-refractivity contribution is 0.0698. The highest BCUT2D eigenvalue weighted by Gasteiger charge is 2.18. The Hall–Kier alpha value is -2.34. The summed E-state index contributed by atoms with van der Waals surface area (Å²) in [6.45, 7) is 1.89. The first-order valence-electron chi connectivity index (χ1n) is 6.29. The zero-order valence-corrected chi connectivity index (χ0v) is 12.3. The molecule has 0 radical (unpaired) electrons. The number of aromatic nitrogens is 2. The van der Waals surface area contributed by atoms with Crippen molar-refractivity contribution in [3.8, 4) is 0 Å². The number of rotatable bonds is 4. The summed E-state index contributed by atoms with van der Waals surface area (Å²) in [5.41, 5.74) is 1.20. The molecule has 1 aromatic heterocycles. The molecule has 0 fully saturated rings. The minimum Gasteiger partial charge on any atom is -0.478 e. The van der Waals surface area contributed by atoms with Crippen molar-refractivity contribution >= 4 is 29.2 Å². The number of hydrogen-bond acceptors (Lipinski definition) is 3. The smallest absolute Gasteiger partial charge is 0.337 e. The first-order chi connectivity index (χ1) is 9.92. The van der Waals surface area contributed by atoms with Gasteiger partial charge in [-0.05, 0) is 24.6 Å². The van der Waals surface area contributed by atoms with Gasteiger partial charge in [0.15, 0.2) is 0 Å². The average molecular weight is 308 g/mol. The predicted molar refractivity (Wildman–Crippen MR) is 79.0 cm³/mol. The minimum absolute atomic E-state index is 0.0188. The van der Waals surface area contributed by atoms with Crippen molar-refractivity contribution < 1.29 is 14.7 Å². The van der Waals surface area contributed by atoms with Crippen LogP contribution in [0, 0.1) is 0 Å². The molecule has 7 heteroatoms. The van der Waals surface area contributed by atoms with Gasteiger partial charge in [-0.3, -0.25) is 9.48 Å². The van der Waals surface area contributed by atoms with E-state index in [0.717, 1.165) is 0 Å². The maximum absolute atomic E-state index is 12.3. The lowest BCUT2D eigenvalue weighted by Gasteiger charge is -2.08. The fraction of sp³-hybridized carbons (Fsp3) is 0.214. The molecular weight excluding hydrogens is 294 g/mol. The van der Waals surface area contributed by atoms with E-state index in [0.29, 0.717) is 22.7 Å².